The van der Waals surface area contributed by atoms with Gasteiger partial charge in [-0.05, 0) is 0 Å². The summed E-state index contributed by atoms with van der Waals surface area (Å²) in [6.07, 6.45) is -4.08. The molecule has 10 heavy (non-hydrogen) atoms. The van der Waals surface area contributed by atoms with E-state index in [9.17, 15) is 0 Å². The average Bonchev–Trinajstić information content (AvgIpc) is 2.14. The smallest absolute Gasteiger partial charge is 0.131 e. The van der Waals surface area contributed by atoms with Crippen LogP contribution in [0.1, 0.15) is 0 Å². The normalized spacial score (nSPS) is 43.8. The van der Waals surface area contributed by atoms with Crippen LogP contribution in [-0.4, -0.2) is 46.5 Å². The minimum Gasteiger partial charge on any atom is -0.388 e. The second kappa shape index (κ2) is 2.81. The third kappa shape index (κ3) is 1.28. The summed E-state index contributed by atoms with van der Waals surface area (Å²) < 4.78 is 4.76. The maximum atomic E-state index is 9.01. The van der Waals surface area contributed by atoms with Gasteiger partial charge in [0.1, 0.15) is 24.5 Å². The molecule has 1 aliphatic heterocycles. The summed E-state index contributed by atoms with van der Waals surface area (Å²) in [6, 6.07) is 0. The van der Waals surface area contributed by atoms with Gasteiger partial charge in [-0.3, -0.25) is 0 Å². The average molecular weight is 149 g/mol. The van der Waals surface area contributed by atoms with Crippen LogP contribution in [0.25, 0.3) is 0 Å². The Bertz CT molecular complexity index is 118. The van der Waals surface area contributed by atoms with Crippen molar-refractivity contribution < 1.29 is 20.1 Å². The van der Waals surface area contributed by atoms with Crippen molar-refractivity contribution in [2.75, 3.05) is 6.61 Å². The van der Waals surface area contributed by atoms with Crippen molar-refractivity contribution >= 4 is 0 Å². The monoisotopic (exact) mass is 149 g/mol. The lowest BCUT2D eigenvalue weighted by atomic mass is 10.1. The molecule has 0 aromatic heterocycles. The minimum absolute atomic E-state index is 0.0279. The van der Waals surface area contributed by atoms with E-state index in [1.807, 2.05) is 0 Å². The molecule has 1 heterocycles. The molecule has 0 saturated carbocycles. The van der Waals surface area contributed by atoms with E-state index in [0.29, 0.717) is 0 Å². The third-order valence-electron chi connectivity index (χ3n) is 1.53. The molecular formula is C5H11NO4. The predicted molar refractivity (Wildman–Crippen MR) is 31.9 cm³/mol. The van der Waals surface area contributed by atoms with Gasteiger partial charge >= 0.3 is 0 Å². The Morgan fingerprint density at radius 2 is 2.10 bits per heavy atom. The second-order valence-corrected chi connectivity index (χ2v) is 2.35. The van der Waals surface area contributed by atoms with Crippen LogP contribution in [0.4, 0.5) is 0 Å². The summed E-state index contributed by atoms with van der Waals surface area (Å²) in [5.41, 5.74) is 5.01. The summed E-state index contributed by atoms with van der Waals surface area (Å²) in [7, 11) is 0. The van der Waals surface area contributed by atoms with Gasteiger partial charge in [0, 0.05) is 0 Å². The Kier molecular flexibility index (Phi) is 2.22. The molecule has 0 aliphatic carbocycles. The Hall–Kier alpha value is -0.200. The highest BCUT2D eigenvalue weighted by atomic mass is 16.5. The molecule has 0 radical (unpaired) electrons. The molecule has 0 spiro atoms. The number of rotatable bonds is 1. The maximum Gasteiger partial charge on any atom is 0.131 e. The fraction of sp³-hybridized carbons (Fsp3) is 1.00. The van der Waals surface area contributed by atoms with Crippen molar-refractivity contribution in [3.05, 3.63) is 0 Å². The fourth-order valence-corrected chi connectivity index (χ4v) is 0.926. The second-order valence-electron chi connectivity index (χ2n) is 2.35. The Morgan fingerprint density at radius 1 is 1.50 bits per heavy atom. The molecule has 1 saturated heterocycles. The highest BCUT2D eigenvalue weighted by Crippen LogP contribution is 2.14. The summed E-state index contributed by atoms with van der Waals surface area (Å²) >= 11 is 0. The largest absolute Gasteiger partial charge is 0.388 e. The topological polar surface area (TPSA) is 95.9 Å². The van der Waals surface area contributed by atoms with Crippen LogP contribution in [0.2, 0.25) is 0 Å². The van der Waals surface area contributed by atoms with E-state index >= 15 is 0 Å². The number of ether oxygens (including phenoxy) is 1. The van der Waals surface area contributed by atoms with Crippen molar-refractivity contribution in [1.29, 1.82) is 0 Å². The molecule has 5 heteroatoms. The summed E-state index contributed by atoms with van der Waals surface area (Å²) in [4.78, 5) is 0. The molecule has 60 valence electrons. The number of hydrogen-bond acceptors (Lipinski definition) is 5. The van der Waals surface area contributed by atoms with Crippen molar-refractivity contribution in [3.63, 3.8) is 0 Å². The van der Waals surface area contributed by atoms with Gasteiger partial charge in [0.05, 0.1) is 6.61 Å². The summed E-state index contributed by atoms with van der Waals surface area (Å²) in [6.45, 7) is 0.0279. The van der Waals surface area contributed by atoms with E-state index in [0.717, 1.165) is 0 Å². The third-order valence-corrected chi connectivity index (χ3v) is 1.53. The Balaban J connectivity index is 2.49. The molecule has 4 atom stereocenters. The zero-order valence-electron chi connectivity index (χ0n) is 5.34. The molecule has 1 rings (SSSR count). The molecule has 1 fully saturated rings. The van der Waals surface area contributed by atoms with E-state index in [1.54, 1.807) is 0 Å². The van der Waals surface area contributed by atoms with E-state index in [2.05, 4.69) is 0 Å². The summed E-state index contributed by atoms with van der Waals surface area (Å²) in [5, 5.41) is 26.6. The fourth-order valence-electron chi connectivity index (χ4n) is 0.926. The van der Waals surface area contributed by atoms with Crippen molar-refractivity contribution in [1.82, 2.24) is 0 Å². The highest BCUT2D eigenvalue weighted by Gasteiger charge is 2.37. The first-order chi connectivity index (χ1) is 4.63. The molecule has 5 nitrogen and oxygen atoms in total. The lowest BCUT2D eigenvalue weighted by molar-refractivity contribution is -0.0477. The van der Waals surface area contributed by atoms with Gasteiger partial charge in [-0.25, -0.2) is 0 Å². The van der Waals surface area contributed by atoms with Crippen molar-refractivity contribution in [2.24, 2.45) is 5.73 Å². The molecule has 2 unspecified atom stereocenters. The number of nitrogens with two attached hydrogens (primary N) is 1. The first-order valence-corrected chi connectivity index (χ1v) is 3.04. The van der Waals surface area contributed by atoms with Crippen LogP contribution in [0, 0.1) is 0 Å². The maximum absolute atomic E-state index is 9.01. The Labute approximate surface area is 58.0 Å². The van der Waals surface area contributed by atoms with Gasteiger partial charge in [-0.15, -0.1) is 0 Å². The lowest BCUT2D eigenvalue weighted by Gasteiger charge is -2.16. The molecular weight excluding hydrogens is 138 g/mol. The van der Waals surface area contributed by atoms with Crippen LogP contribution >= 0.6 is 0 Å². The van der Waals surface area contributed by atoms with E-state index in [1.165, 1.54) is 0 Å². The molecule has 0 aromatic carbocycles. The zero-order valence-corrected chi connectivity index (χ0v) is 5.34. The standard InChI is InChI=1S/C5H11NO4/c6-5(9)4-3(8)2(7)1-10-4/h2-5,7-9H,1,6H2/t2-,3?,4-,5?/m1/s1. The van der Waals surface area contributed by atoms with E-state index in [4.69, 9.17) is 25.8 Å². The number of hydrogen-bond donors (Lipinski definition) is 4. The van der Waals surface area contributed by atoms with Gasteiger partial charge in [0.2, 0.25) is 0 Å². The quantitative estimate of drug-likeness (QED) is 0.306. The number of aliphatic hydroxyl groups is 3. The molecule has 5 N–H and O–H groups in total. The van der Waals surface area contributed by atoms with Crippen LogP contribution in [0.15, 0.2) is 0 Å². The van der Waals surface area contributed by atoms with Crippen molar-refractivity contribution in [3.8, 4) is 0 Å². The molecule has 1 aliphatic rings. The van der Waals surface area contributed by atoms with Crippen LogP contribution in [-0.2, 0) is 4.74 Å². The number of aliphatic hydroxyl groups excluding tert-OH is 3. The van der Waals surface area contributed by atoms with Crippen LogP contribution in [0.5, 0.6) is 0 Å². The molecule has 0 bridgehead atoms. The zero-order chi connectivity index (χ0) is 7.72. The van der Waals surface area contributed by atoms with Gasteiger partial charge in [0.15, 0.2) is 0 Å². The first kappa shape index (κ1) is 7.90. The SMILES string of the molecule is NC(O)[C@@H]1OC[C@@H](O)C1O. The minimum atomic E-state index is -1.23. The summed E-state index contributed by atoms with van der Waals surface area (Å²) in [5.74, 6) is 0. The molecule has 0 aromatic rings. The van der Waals surface area contributed by atoms with Crippen molar-refractivity contribution in [2.45, 2.75) is 24.5 Å². The first-order valence-electron chi connectivity index (χ1n) is 3.04. The van der Waals surface area contributed by atoms with Gasteiger partial charge in [0.25, 0.3) is 0 Å². The van der Waals surface area contributed by atoms with Crippen LogP contribution < -0.4 is 5.73 Å². The van der Waals surface area contributed by atoms with Gasteiger partial charge < -0.3 is 25.8 Å². The van der Waals surface area contributed by atoms with Gasteiger partial charge in [-0.2, -0.15) is 0 Å². The van der Waals surface area contributed by atoms with Gasteiger partial charge in [-0.1, -0.05) is 0 Å². The lowest BCUT2D eigenvalue weighted by Crippen LogP contribution is -2.43. The van der Waals surface area contributed by atoms with E-state index < -0.39 is 24.5 Å². The predicted octanol–water partition coefficient (Wildman–Crippen LogP) is -2.62. The Morgan fingerprint density at radius 3 is 2.30 bits per heavy atom. The van der Waals surface area contributed by atoms with E-state index in [-0.39, 0.29) is 6.61 Å². The molecule has 0 amide bonds. The highest BCUT2D eigenvalue weighted by molar-refractivity contribution is 4.85. The van der Waals surface area contributed by atoms with Crippen LogP contribution in [0.3, 0.4) is 0 Å².